The second kappa shape index (κ2) is 6.99. The third-order valence-corrected chi connectivity index (χ3v) is 4.00. The van der Waals surface area contributed by atoms with E-state index in [1.807, 2.05) is 52.0 Å². The Hall–Kier alpha value is -2.10. The molecular weight excluding hydrogens is 288 g/mol. The van der Waals surface area contributed by atoms with Crippen LogP contribution < -0.4 is 5.43 Å². The summed E-state index contributed by atoms with van der Waals surface area (Å²) in [5.74, 6) is -0.318. The average Bonchev–Trinajstić information content (AvgIpc) is 2.51. The number of carbonyl (C=O) groups excluding carboxylic acids is 2. The Kier molecular flexibility index (Phi) is 5.24. The van der Waals surface area contributed by atoms with Gasteiger partial charge in [-0.3, -0.25) is 15.0 Å². The molecule has 1 atom stereocenters. The standard InChI is InChI=1S/C19H26N2O2/c1-14-9-8-12-16(13-14)18(23)21(19(2,3)4)20-17(22)15-10-6-5-7-11-15/h5-6,8-9,12-13,15H,7,10-11H2,1-4H3,(H,20,22). The van der Waals surface area contributed by atoms with E-state index < -0.39 is 5.54 Å². The van der Waals surface area contributed by atoms with Gasteiger partial charge in [0, 0.05) is 11.5 Å². The van der Waals surface area contributed by atoms with Crippen molar-refractivity contribution in [2.45, 2.75) is 52.5 Å². The Morgan fingerprint density at radius 2 is 1.96 bits per heavy atom. The lowest BCUT2D eigenvalue weighted by Gasteiger charge is -2.36. The van der Waals surface area contributed by atoms with E-state index in [0.29, 0.717) is 5.56 Å². The fourth-order valence-corrected chi connectivity index (χ4v) is 2.66. The molecule has 0 bridgehead atoms. The van der Waals surface area contributed by atoms with E-state index in [0.717, 1.165) is 24.8 Å². The van der Waals surface area contributed by atoms with Crippen molar-refractivity contribution >= 4 is 11.8 Å². The van der Waals surface area contributed by atoms with Crippen molar-refractivity contribution in [3.05, 3.63) is 47.5 Å². The molecule has 4 heteroatoms. The van der Waals surface area contributed by atoms with Crippen molar-refractivity contribution < 1.29 is 9.59 Å². The number of benzene rings is 1. The minimum absolute atomic E-state index is 0.0600. The zero-order valence-corrected chi connectivity index (χ0v) is 14.4. The van der Waals surface area contributed by atoms with Gasteiger partial charge in [0.15, 0.2) is 0 Å². The first-order valence-electron chi connectivity index (χ1n) is 8.16. The number of hydrogen-bond acceptors (Lipinski definition) is 2. The third kappa shape index (κ3) is 4.44. The van der Waals surface area contributed by atoms with Crippen LogP contribution in [0.1, 0.15) is 56.0 Å². The minimum Gasteiger partial charge on any atom is -0.273 e. The molecule has 0 aliphatic heterocycles. The van der Waals surface area contributed by atoms with Crippen molar-refractivity contribution in [3.8, 4) is 0 Å². The Balaban J connectivity index is 2.18. The number of nitrogens with one attached hydrogen (secondary N) is 1. The average molecular weight is 314 g/mol. The molecule has 1 aliphatic carbocycles. The molecule has 0 saturated carbocycles. The fraction of sp³-hybridized carbons (Fsp3) is 0.474. The summed E-state index contributed by atoms with van der Waals surface area (Å²) in [7, 11) is 0. The van der Waals surface area contributed by atoms with Crippen LogP contribution in [-0.4, -0.2) is 22.4 Å². The number of rotatable bonds is 2. The molecule has 1 unspecified atom stereocenters. The van der Waals surface area contributed by atoms with Crippen molar-refractivity contribution in [2.75, 3.05) is 0 Å². The van der Waals surface area contributed by atoms with Crippen molar-refractivity contribution in [1.29, 1.82) is 0 Å². The van der Waals surface area contributed by atoms with Crippen LogP contribution in [-0.2, 0) is 4.79 Å². The summed E-state index contributed by atoms with van der Waals surface area (Å²) >= 11 is 0. The molecule has 2 amide bonds. The second-order valence-electron chi connectivity index (χ2n) is 7.14. The van der Waals surface area contributed by atoms with Gasteiger partial charge in [-0.2, -0.15) is 0 Å². The lowest BCUT2D eigenvalue weighted by atomic mass is 9.94. The van der Waals surface area contributed by atoms with Gasteiger partial charge in [-0.25, -0.2) is 5.01 Å². The molecule has 4 nitrogen and oxygen atoms in total. The van der Waals surface area contributed by atoms with Crippen LogP contribution in [0, 0.1) is 12.8 Å². The zero-order chi connectivity index (χ0) is 17.0. The van der Waals surface area contributed by atoms with Gasteiger partial charge in [0.1, 0.15) is 0 Å². The normalized spacial score (nSPS) is 17.7. The maximum atomic E-state index is 12.9. The van der Waals surface area contributed by atoms with Gasteiger partial charge in [0.2, 0.25) is 5.91 Å². The molecule has 0 radical (unpaired) electrons. The minimum atomic E-state index is -0.499. The van der Waals surface area contributed by atoms with Gasteiger partial charge in [0.25, 0.3) is 5.91 Å². The maximum Gasteiger partial charge on any atom is 0.272 e. The number of hydrazine groups is 1. The Morgan fingerprint density at radius 3 is 2.52 bits per heavy atom. The molecule has 1 aromatic rings. The Bertz CT molecular complexity index is 614. The molecule has 0 aromatic heterocycles. The number of aryl methyl sites for hydroxylation is 1. The first kappa shape index (κ1) is 17.3. The van der Waals surface area contributed by atoms with E-state index in [2.05, 4.69) is 11.5 Å². The molecule has 1 aromatic carbocycles. The Morgan fingerprint density at radius 1 is 1.22 bits per heavy atom. The largest absolute Gasteiger partial charge is 0.273 e. The number of carbonyl (C=O) groups is 2. The van der Waals surface area contributed by atoms with Crippen LogP contribution >= 0.6 is 0 Å². The Labute approximate surface area is 138 Å². The zero-order valence-electron chi connectivity index (χ0n) is 14.4. The maximum absolute atomic E-state index is 12.9. The van der Waals surface area contributed by atoms with Crippen LogP contribution in [0.15, 0.2) is 36.4 Å². The van der Waals surface area contributed by atoms with Gasteiger partial charge in [-0.15, -0.1) is 0 Å². The first-order chi connectivity index (χ1) is 10.8. The molecule has 0 spiro atoms. The summed E-state index contributed by atoms with van der Waals surface area (Å²) in [5, 5.41) is 1.46. The van der Waals surface area contributed by atoms with Gasteiger partial charge >= 0.3 is 0 Å². The topological polar surface area (TPSA) is 49.4 Å². The van der Waals surface area contributed by atoms with Crippen LogP contribution in [0.25, 0.3) is 0 Å². The third-order valence-electron chi connectivity index (χ3n) is 4.00. The van der Waals surface area contributed by atoms with Crippen molar-refractivity contribution in [2.24, 2.45) is 5.92 Å². The van der Waals surface area contributed by atoms with Gasteiger partial charge in [0.05, 0.1) is 5.54 Å². The highest BCUT2D eigenvalue weighted by molar-refractivity contribution is 5.96. The van der Waals surface area contributed by atoms with Gasteiger partial charge in [-0.1, -0.05) is 29.8 Å². The van der Waals surface area contributed by atoms with Crippen molar-refractivity contribution in [1.82, 2.24) is 10.4 Å². The van der Waals surface area contributed by atoms with E-state index in [4.69, 9.17) is 0 Å². The summed E-state index contributed by atoms with van der Waals surface area (Å²) in [6.45, 7) is 7.70. The van der Waals surface area contributed by atoms with E-state index in [-0.39, 0.29) is 17.7 Å². The quantitative estimate of drug-likeness (QED) is 0.669. The molecule has 124 valence electrons. The number of amides is 2. The van der Waals surface area contributed by atoms with E-state index in [9.17, 15) is 9.59 Å². The van der Waals surface area contributed by atoms with E-state index in [1.165, 1.54) is 5.01 Å². The monoisotopic (exact) mass is 314 g/mol. The second-order valence-corrected chi connectivity index (χ2v) is 7.14. The summed E-state index contributed by atoms with van der Waals surface area (Å²) < 4.78 is 0. The predicted molar refractivity (Wildman–Crippen MR) is 91.7 cm³/mol. The predicted octanol–water partition coefficient (Wildman–Crippen LogP) is 3.62. The molecule has 1 N–H and O–H groups in total. The summed E-state index contributed by atoms with van der Waals surface area (Å²) in [4.78, 5) is 25.4. The highest BCUT2D eigenvalue weighted by Gasteiger charge is 2.31. The summed E-state index contributed by atoms with van der Waals surface area (Å²) in [6, 6.07) is 7.43. The lowest BCUT2D eigenvalue weighted by Crippen LogP contribution is -2.57. The fourth-order valence-electron chi connectivity index (χ4n) is 2.66. The number of allylic oxidation sites excluding steroid dienone is 2. The van der Waals surface area contributed by atoms with Crippen LogP contribution in [0.5, 0.6) is 0 Å². The molecule has 23 heavy (non-hydrogen) atoms. The molecular formula is C19H26N2O2. The first-order valence-corrected chi connectivity index (χ1v) is 8.16. The van der Waals surface area contributed by atoms with Crippen LogP contribution in [0.4, 0.5) is 0 Å². The molecule has 0 fully saturated rings. The smallest absolute Gasteiger partial charge is 0.272 e. The van der Waals surface area contributed by atoms with Crippen LogP contribution in [0.3, 0.4) is 0 Å². The van der Waals surface area contributed by atoms with E-state index >= 15 is 0 Å². The highest BCUT2D eigenvalue weighted by Crippen LogP contribution is 2.21. The van der Waals surface area contributed by atoms with Crippen molar-refractivity contribution in [3.63, 3.8) is 0 Å². The summed E-state index contributed by atoms with van der Waals surface area (Å²) in [6.07, 6.45) is 6.63. The van der Waals surface area contributed by atoms with Crippen LogP contribution in [0.2, 0.25) is 0 Å². The molecule has 0 saturated heterocycles. The lowest BCUT2D eigenvalue weighted by molar-refractivity contribution is -0.131. The number of hydrogen-bond donors (Lipinski definition) is 1. The summed E-state index contributed by atoms with van der Waals surface area (Å²) in [5.41, 5.74) is 3.96. The number of nitrogens with zero attached hydrogens (tertiary/aromatic N) is 1. The van der Waals surface area contributed by atoms with Gasteiger partial charge in [-0.05, 0) is 59.1 Å². The molecule has 1 aliphatic rings. The van der Waals surface area contributed by atoms with E-state index in [1.54, 1.807) is 6.07 Å². The molecule has 2 rings (SSSR count). The van der Waals surface area contributed by atoms with Gasteiger partial charge < -0.3 is 0 Å². The highest BCUT2D eigenvalue weighted by atomic mass is 16.2. The SMILES string of the molecule is Cc1cccc(C(=O)N(NC(=O)C2CC=CCC2)C(C)(C)C)c1. The molecule has 0 heterocycles.